The number of hydrogen-bond acceptors (Lipinski definition) is 1. The van der Waals surface area contributed by atoms with Gasteiger partial charge < -0.3 is 0 Å². The number of rotatable bonds is 4. The molecule has 1 nitrogen and oxygen atoms in total. The third-order valence-electron chi connectivity index (χ3n) is 2.21. The van der Waals surface area contributed by atoms with Gasteiger partial charge in [-0.25, -0.2) is 0 Å². The lowest BCUT2D eigenvalue weighted by Crippen LogP contribution is -2.05. The van der Waals surface area contributed by atoms with Crippen molar-refractivity contribution in [3.63, 3.8) is 0 Å². The van der Waals surface area contributed by atoms with Gasteiger partial charge in [0, 0.05) is 6.54 Å². The molecule has 0 aliphatic carbocycles. The predicted octanol–water partition coefficient (Wildman–Crippen LogP) is 3.74. The van der Waals surface area contributed by atoms with Crippen LogP contribution >= 0.6 is 0 Å². The Labute approximate surface area is 93.2 Å². The molecule has 0 aromatic heterocycles. The van der Waals surface area contributed by atoms with E-state index in [0.717, 1.165) is 19.4 Å². The molecule has 0 aliphatic heterocycles. The van der Waals surface area contributed by atoms with Crippen molar-refractivity contribution in [1.82, 2.24) is 0 Å². The maximum atomic E-state index is 4.43. The van der Waals surface area contributed by atoms with Crippen LogP contribution in [0.25, 0.3) is 0 Å². The van der Waals surface area contributed by atoms with Crippen molar-refractivity contribution >= 4 is 6.21 Å². The molecule has 0 aliphatic rings. The Kier molecular flexibility index (Phi) is 4.54. The summed E-state index contributed by atoms with van der Waals surface area (Å²) >= 11 is 0. The van der Waals surface area contributed by atoms with Crippen molar-refractivity contribution in [3.05, 3.63) is 35.9 Å². The molecule has 1 aromatic carbocycles. The highest BCUT2D eigenvalue weighted by Gasteiger charge is 2.06. The first-order chi connectivity index (χ1) is 7.08. The van der Waals surface area contributed by atoms with Gasteiger partial charge in [0.25, 0.3) is 0 Å². The van der Waals surface area contributed by atoms with Gasteiger partial charge in [-0.1, -0.05) is 51.1 Å². The van der Waals surface area contributed by atoms with Crippen LogP contribution in [0.2, 0.25) is 0 Å². The van der Waals surface area contributed by atoms with Crippen molar-refractivity contribution < 1.29 is 0 Å². The van der Waals surface area contributed by atoms with Crippen LogP contribution in [0.3, 0.4) is 0 Å². The fraction of sp³-hybridized carbons (Fsp3) is 0.500. The molecule has 0 heterocycles. The van der Waals surface area contributed by atoms with E-state index in [9.17, 15) is 0 Å². The van der Waals surface area contributed by atoms with Crippen LogP contribution in [0.1, 0.15) is 32.8 Å². The first kappa shape index (κ1) is 12.0. The Balaban J connectivity index is 2.22. The molecular formula is C14H21N. The third-order valence-corrected chi connectivity index (χ3v) is 2.21. The summed E-state index contributed by atoms with van der Waals surface area (Å²) in [5.74, 6) is 0. The number of benzene rings is 1. The molecule has 15 heavy (non-hydrogen) atoms. The monoisotopic (exact) mass is 203 g/mol. The van der Waals surface area contributed by atoms with E-state index in [1.54, 1.807) is 0 Å². The molecule has 0 bridgehead atoms. The van der Waals surface area contributed by atoms with Crippen molar-refractivity contribution in [2.24, 2.45) is 10.4 Å². The topological polar surface area (TPSA) is 12.4 Å². The minimum atomic E-state index is 0.357. The minimum absolute atomic E-state index is 0.357. The second-order valence-electron chi connectivity index (χ2n) is 5.09. The molecule has 0 saturated carbocycles. The maximum absolute atomic E-state index is 4.43. The molecular weight excluding hydrogens is 182 g/mol. The van der Waals surface area contributed by atoms with Crippen molar-refractivity contribution in [2.45, 2.75) is 33.6 Å². The highest BCUT2D eigenvalue weighted by molar-refractivity contribution is 5.58. The van der Waals surface area contributed by atoms with Gasteiger partial charge in [0.05, 0.1) is 0 Å². The zero-order valence-electron chi connectivity index (χ0n) is 10.0. The Morgan fingerprint density at radius 1 is 1.13 bits per heavy atom. The molecule has 1 rings (SSSR count). The zero-order valence-corrected chi connectivity index (χ0v) is 10.0. The first-order valence-corrected chi connectivity index (χ1v) is 5.60. The lowest BCUT2D eigenvalue weighted by atomic mass is 9.93. The Bertz CT molecular complexity index is 293. The van der Waals surface area contributed by atoms with Crippen LogP contribution in [0, 0.1) is 5.41 Å². The van der Waals surface area contributed by atoms with Crippen LogP contribution in [0.4, 0.5) is 0 Å². The summed E-state index contributed by atoms with van der Waals surface area (Å²) in [6.07, 6.45) is 4.16. The summed E-state index contributed by atoms with van der Waals surface area (Å²) in [4.78, 5) is 4.43. The molecule has 82 valence electrons. The summed E-state index contributed by atoms with van der Waals surface area (Å²) in [5.41, 5.74) is 1.72. The van der Waals surface area contributed by atoms with Crippen molar-refractivity contribution in [2.75, 3.05) is 6.54 Å². The summed E-state index contributed by atoms with van der Waals surface area (Å²) in [5, 5.41) is 0. The van der Waals surface area contributed by atoms with Gasteiger partial charge in [-0.3, -0.25) is 4.99 Å². The van der Waals surface area contributed by atoms with Gasteiger partial charge in [-0.15, -0.1) is 0 Å². The quantitative estimate of drug-likeness (QED) is 0.661. The van der Waals surface area contributed by atoms with Gasteiger partial charge >= 0.3 is 0 Å². The van der Waals surface area contributed by atoms with E-state index in [-0.39, 0.29) is 0 Å². The average molecular weight is 203 g/mol. The highest BCUT2D eigenvalue weighted by atomic mass is 14.7. The number of hydrogen-bond donors (Lipinski definition) is 0. The first-order valence-electron chi connectivity index (χ1n) is 5.60. The highest BCUT2D eigenvalue weighted by Crippen LogP contribution is 2.16. The van der Waals surface area contributed by atoms with Crippen LogP contribution < -0.4 is 0 Å². The smallest absolute Gasteiger partial charge is 0.0425 e. The molecule has 1 aromatic rings. The molecule has 0 amide bonds. The van der Waals surface area contributed by atoms with Crippen molar-refractivity contribution in [3.8, 4) is 0 Å². The summed E-state index contributed by atoms with van der Waals surface area (Å²) in [6.45, 7) is 7.60. The van der Waals surface area contributed by atoms with E-state index < -0.39 is 0 Å². The predicted molar refractivity (Wildman–Crippen MR) is 67.6 cm³/mol. The average Bonchev–Trinajstić information content (AvgIpc) is 2.17. The standard InChI is InChI=1S/C14H21N/c1-14(2,3)10-12-15-11-9-13-7-5-4-6-8-13/h4-8,12H,9-11H2,1-3H3. The van der Waals surface area contributed by atoms with Gasteiger partial charge in [0.1, 0.15) is 0 Å². The fourth-order valence-corrected chi connectivity index (χ4v) is 1.27. The molecule has 0 N–H and O–H groups in total. The SMILES string of the molecule is CC(C)(C)CC=NCCc1ccccc1. The largest absolute Gasteiger partial charge is 0.297 e. The van der Waals surface area contributed by atoms with E-state index in [1.165, 1.54) is 5.56 Å². The van der Waals surface area contributed by atoms with Gasteiger partial charge in [0.2, 0.25) is 0 Å². The molecule has 1 heteroatoms. The second-order valence-corrected chi connectivity index (χ2v) is 5.09. The molecule has 0 spiro atoms. The summed E-state index contributed by atoms with van der Waals surface area (Å²) in [7, 11) is 0. The Hall–Kier alpha value is -1.11. The second kappa shape index (κ2) is 5.69. The van der Waals surface area contributed by atoms with E-state index >= 15 is 0 Å². The fourth-order valence-electron chi connectivity index (χ4n) is 1.27. The summed E-state index contributed by atoms with van der Waals surface area (Å²) in [6, 6.07) is 10.5. The zero-order chi connectivity index (χ0) is 11.1. The minimum Gasteiger partial charge on any atom is -0.297 e. The molecule has 0 atom stereocenters. The van der Waals surface area contributed by atoms with E-state index in [0.29, 0.717) is 5.41 Å². The van der Waals surface area contributed by atoms with Crippen LogP contribution in [0.15, 0.2) is 35.3 Å². The normalized spacial score (nSPS) is 12.2. The lowest BCUT2D eigenvalue weighted by molar-refractivity contribution is 0.437. The lowest BCUT2D eigenvalue weighted by Gasteiger charge is -2.13. The maximum Gasteiger partial charge on any atom is 0.0425 e. The van der Waals surface area contributed by atoms with Gasteiger partial charge in [-0.2, -0.15) is 0 Å². The number of nitrogens with zero attached hydrogens (tertiary/aromatic N) is 1. The molecule has 0 fully saturated rings. The number of aliphatic imine (C=N–C) groups is 1. The van der Waals surface area contributed by atoms with Crippen LogP contribution in [-0.2, 0) is 6.42 Å². The third kappa shape index (κ3) is 6.05. The van der Waals surface area contributed by atoms with Crippen LogP contribution in [-0.4, -0.2) is 12.8 Å². The van der Waals surface area contributed by atoms with Gasteiger partial charge in [0.15, 0.2) is 0 Å². The van der Waals surface area contributed by atoms with E-state index in [4.69, 9.17) is 0 Å². The molecule has 0 unspecified atom stereocenters. The van der Waals surface area contributed by atoms with Crippen molar-refractivity contribution in [1.29, 1.82) is 0 Å². The van der Waals surface area contributed by atoms with Gasteiger partial charge in [-0.05, 0) is 30.0 Å². The van der Waals surface area contributed by atoms with E-state index in [2.05, 4.69) is 56.2 Å². The Morgan fingerprint density at radius 3 is 2.40 bits per heavy atom. The Morgan fingerprint density at radius 2 is 1.80 bits per heavy atom. The molecule has 0 saturated heterocycles. The summed E-state index contributed by atoms with van der Waals surface area (Å²) < 4.78 is 0. The van der Waals surface area contributed by atoms with E-state index in [1.807, 2.05) is 6.07 Å². The molecule has 0 radical (unpaired) electrons. The van der Waals surface area contributed by atoms with Crippen LogP contribution in [0.5, 0.6) is 0 Å².